The van der Waals surface area contributed by atoms with Crippen LogP contribution >= 0.6 is 47.8 Å². The molecule has 3 aliphatic heterocycles. The third-order valence-corrected chi connectivity index (χ3v) is 22.6. The van der Waals surface area contributed by atoms with Crippen LogP contribution in [0, 0.1) is 0 Å². The summed E-state index contributed by atoms with van der Waals surface area (Å²) < 4.78 is 48.0. The van der Waals surface area contributed by atoms with Crippen LogP contribution in [0.2, 0.25) is 0 Å². The van der Waals surface area contributed by atoms with Gasteiger partial charge in [0.2, 0.25) is 13.6 Å². The lowest BCUT2D eigenvalue weighted by molar-refractivity contribution is -0.169. The number of carbonyl (C=O) groups excluding carboxylic acids is 6. The van der Waals surface area contributed by atoms with Crippen molar-refractivity contribution in [3.05, 3.63) is 60.8 Å². The summed E-state index contributed by atoms with van der Waals surface area (Å²) in [6.45, 7) is 9.59. The van der Waals surface area contributed by atoms with E-state index in [1.54, 1.807) is 0 Å². The molecule has 3 rings (SSSR count). The molecule has 0 aromatic rings. The van der Waals surface area contributed by atoms with Gasteiger partial charge in [-0.05, 0) is 173 Å². The molecule has 0 aliphatic carbocycles. The number of unbranched alkanes of at least 4 members (excludes halogenated alkanes) is 35. The minimum absolute atomic E-state index is 0.0347. The first-order valence-electron chi connectivity index (χ1n) is 48.2. The molecule has 0 saturated carbocycles. The van der Waals surface area contributed by atoms with Crippen molar-refractivity contribution in [2.24, 2.45) is 0 Å². The molecule has 3 heterocycles. The van der Waals surface area contributed by atoms with Crippen LogP contribution in [-0.2, 0) is 76.2 Å². The number of hydrogen-bond donors (Lipinski definition) is 6. The summed E-state index contributed by atoms with van der Waals surface area (Å²) in [5.41, 5.74) is 0. The smallest absolute Gasteiger partial charge is 0.374 e. The number of carbonyl (C=O) groups is 8. The lowest BCUT2D eigenvalue weighted by atomic mass is 10.0. The summed E-state index contributed by atoms with van der Waals surface area (Å²) in [6.07, 6.45) is 81.7. The van der Waals surface area contributed by atoms with Gasteiger partial charge in [-0.3, -0.25) is 33.6 Å². The van der Waals surface area contributed by atoms with Crippen LogP contribution in [-0.4, -0.2) is 169 Å². The Balaban J connectivity index is 0. The van der Waals surface area contributed by atoms with Crippen LogP contribution in [0.15, 0.2) is 60.8 Å². The lowest BCUT2D eigenvalue weighted by Gasteiger charge is -2.22. The minimum Gasteiger partial charge on any atom is -0.481 e. The van der Waals surface area contributed by atoms with Crippen LogP contribution in [0.5, 0.6) is 0 Å². The Morgan fingerprint density at radius 3 is 0.839 bits per heavy atom. The highest BCUT2D eigenvalue weighted by atomic mass is 79.9. The van der Waals surface area contributed by atoms with Gasteiger partial charge in [-0.2, -0.15) is 0 Å². The van der Waals surface area contributed by atoms with Crippen molar-refractivity contribution in [3.8, 4) is 0 Å². The van der Waals surface area contributed by atoms with Crippen molar-refractivity contribution < 1.29 is 112 Å². The third kappa shape index (κ3) is 87.0. The van der Waals surface area contributed by atoms with Crippen molar-refractivity contribution in [1.82, 2.24) is 0 Å². The quantitative estimate of drug-likeness (QED) is 0.00481. The number of carboxylic acids is 2. The van der Waals surface area contributed by atoms with Crippen molar-refractivity contribution in [2.45, 2.75) is 481 Å². The minimum atomic E-state index is -0.829. The molecule has 0 spiro atoms. The third-order valence-electron chi connectivity index (χ3n) is 21.5. The Kier molecular flexibility index (Phi) is 90.2. The number of rotatable bonds is 80. The second-order valence-corrected chi connectivity index (χ2v) is 34.5. The van der Waals surface area contributed by atoms with E-state index in [-0.39, 0.29) is 54.1 Å². The van der Waals surface area contributed by atoms with E-state index >= 15 is 0 Å². The number of esters is 5. The maximum absolute atomic E-state index is 12.0. The predicted molar refractivity (Wildman–Crippen MR) is 504 cm³/mol. The van der Waals surface area contributed by atoms with E-state index in [2.05, 4.69) is 131 Å². The average molecular weight is 1960 g/mol. The molecule has 0 amide bonds. The van der Waals surface area contributed by atoms with Gasteiger partial charge in [-0.1, -0.05) is 307 Å². The molecule has 722 valence electrons. The fourth-order valence-electron chi connectivity index (χ4n) is 13.9. The Morgan fingerprint density at radius 2 is 0.573 bits per heavy atom. The first-order valence-corrected chi connectivity index (χ1v) is 51.3. The van der Waals surface area contributed by atoms with Crippen molar-refractivity contribution >= 4 is 94.5 Å². The molecule has 23 nitrogen and oxygen atoms in total. The Labute approximate surface area is 773 Å². The van der Waals surface area contributed by atoms with E-state index in [4.69, 9.17) is 63.1 Å². The van der Waals surface area contributed by atoms with Gasteiger partial charge in [0.25, 0.3) is 0 Å². The fraction of sp³-hybridized carbons (Fsp3) is 0.816. The number of carboxylic acid groups (broad SMARTS) is 2. The van der Waals surface area contributed by atoms with Crippen molar-refractivity contribution in [1.29, 1.82) is 0 Å². The molecule has 0 bridgehead atoms. The molecule has 3 saturated heterocycles. The molecule has 10 atom stereocenters. The Morgan fingerprint density at radius 1 is 0.315 bits per heavy atom. The summed E-state index contributed by atoms with van der Waals surface area (Å²) in [5.74, 6) is -3.14. The molecule has 0 aromatic carbocycles. The van der Waals surface area contributed by atoms with Gasteiger partial charge < -0.3 is 73.3 Å². The summed E-state index contributed by atoms with van der Waals surface area (Å²) >= 11 is 8.61. The largest absolute Gasteiger partial charge is 0.481 e. The van der Waals surface area contributed by atoms with Crippen LogP contribution in [0.1, 0.15) is 420 Å². The van der Waals surface area contributed by atoms with Crippen LogP contribution in [0.4, 0.5) is 4.79 Å². The highest BCUT2D eigenvalue weighted by Crippen LogP contribution is 2.33. The van der Waals surface area contributed by atoms with Crippen LogP contribution in [0.3, 0.4) is 0 Å². The van der Waals surface area contributed by atoms with E-state index in [1.807, 2.05) is 12.2 Å². The standard InChI is InChI=1S/C40H68Br2O10.C37H64O6.C18H32O3.C2H3BrO2.CH4O2/c1-3-5-19-27-35(51-39(47)31-41)33(43)25-21-15-11-7-9-13-17-23-29-37(45)49-32-50-38(46)30-24-18-14-10-8-12-16-22-26-34(44)36(52-40(42)48)28-20-6-4-2;1-3-5-19-25-32-34(42-32)27-21-15-11-7-9-13-17-23-29-36(38)40-31-41-37(39)30-24-18-14-10-8-12-16-22-28-35-33(43-35)26-20-6-4-2;1-2-3-10-13-16-17(21-16)14-11-8-6-4-5-7-9-12-15-18(19)20;3-1-2(4)5;2-1-3/h15-16,21-22,33-36,43-44H,3-14,17-20,23-32H2,1-2H3;15-16,21-22,32-35H,3-14,17-20,23-31H2,1-2H3;8,11,16-17H,2-7,9-10,12-15H2,1H3,(H,19,20);1H2,(H,4,5);2-3H,1H2/b2*21-15-,22-16-;11-8-;;/t;32-,33?,34+,35?;16-,17+;;/m.11../s1. The SMILES string of the molecule is CCCCCC(OC(=O)Br)C(O)C/C=C\CCCCCCCC(=O)OCOC(=O)CCCCCCC/C=C\CC(O)C(CCCCC)OC(=O)CBr.CCCCCC1OC1C/C=C\CCCCCCCC(=O)OCOC(=O)CCCCCCC/C=C\C[C@@H]1O[C@@H]1CCCCC.CCCCC[C@H]1O[C@H]1C/C=C\CCCCCCCC(=O)O.O=C(O)CBr.OCO. The van der Waals surface area contributed by atoms with Gasteiger partial charge in [-0.15, -0.1) is 0 Å². The van der Waals surface area contributed by atoms with E-state index in [9.17, 15) is 48.6 Å². The Hall–Kier alpha value is -4.38. The van der Waals surface area contributed by atoms with Gasteiger partial charge >= 0.3 is 46.7 Å². The van der Waals surface area contributed by atoms with Crippen LogP contribution in [0.25, 0.3) is 0 Å². The first kappa shape index (κ1) is 122. The number of ether oxygens (including phenoxy) is 9. The topological polar surface area (TPSA) is 351 Å². The molecular weight excluding hydrogens is 1780 g/mol. The molecule has 0 radical (unpaired) electrons. The van der Waals surface area contributed by atoms with Crippen LogP contribution < -0.4 is 0 Å². The number of alkyl halides is 2. The van der Waals surface area contributed by atoms with Gasteiger partial charge in [-0.25, -0.2) is 4.79 Å². The highest BCUT2D eigenvalue weighted by molar-refractivity contribution is 9.18. The van der Waals surface area contributed by atoms with E-state index in [0.29, 0.717) is 94.4 Å². The first-order chi connectivity index (χ1) is 60.2. The molecule has 26 heteroatoms. The summed E-state index contributed by atoms with van der Waals surface area (Å²) in [4.78, 5) is 89.7. The van der Waals surface area contributed by atoms with E-state index in [0.717, 1.165) is 212 Å². The van der Waals surface area contributed by atoms with E-state index in [1.165, 1.54) is 116 Å². The van der Waals surface area contributed by atoms with Gasteiger partial charge in [0.15, 0.2) is 0 Å². The van der Waals surface area contributed by atoms with Crippen molar-refractivity contribution in [3.63, 3.8) is 0 Å². The number of hydrogen-bond acceptors (Lipinski definition) is 21. The molecule has 6 unspecified atom stereocenters. The zero-order valence-corrected chi connectivity index (χ0v) is 82.0. The molecule has 6 N–H and O–H groups in total. The molecule has 124 heavy (non-hydrogen) atoms. The summed E-state index contributed by atoms with van der Waals surface area (Å²) in [5, 5.41) is 51.5. The number of aliphatic hydroxyl groups is 4. The maximum atomic E-state index is 12.0. The predicted octanol–water partition coefficient (Wildman–Crippen LogP) is 25.0. The lowest BCUT2D eigenvalue weighted by Crippen LogP contribution is -2.31. The second kappa shape index (κ2) is 91.9. The molecule has 3 aliphatic rings. The zero-order chi connectivity index (χ0) is 91.8. The normalized spacial score (nSPS) is 17.1. The summed E-state index contributed by atoms with van der Waals surface area (Å²) in [7, 11) is 0. The second-order valence-electron chi connectivity index (χ2n) is 32.7. The number of allylic oxidation sites excluding steroid dienone is 5. The molecule has 0 aromatic heterocycles. The number of aliphatic carboxylic acids is 2. The zero-order valence-electron chi connectivity index (χ0n) is 77.3. The van der Waals surface area contributed by atoms with Gasteiger partial charge in [0, 0.05) is 48.0 Å². The van der Waals surface area contributed by atoms with Gasteiger partial charge in [0.05, 0.1) is 48.8 Å². The number of epoxide rings is 3. The van der Waals surface area contributed by atoms with Gasteiger partial charge in [0.1, 0.15) is 29.7 Å². The number of aliphatic hydroxyl groups excluding tert-OH is 3. The number of halogens is 3. The maximum Gasteiger partial charge on any atom is 0.374 e. The highest BCUT2D eigenvalue weighted by Gasteiger charge is 2.38. The van der Waals surface area contributed by atoms with E-state index < -0.39 is 48.0 Å². The summed E-state index contributed by atoms with van der Waals surface area (Å²) in [6, 6.07) is 0. The monoisotopic (exact) mass is 1950 g/mol. The fourth-order valence-corrected chi connectivity index (χ4v) is 14.2. The molecular formula is C98H171Br3O23. The Bertz CT molecular complexity index is 2630. The molecule has 3 fully saturated rings. The average Bonchev–Trinajstić information content (AvgIpc) is 1.72. The van der Waals surface area contributed by atoms with Crippen molar-refractivity contribution in [2.75, 3.05) is 31.0 Å².